The summed E-state index contributed by atoms with van der Waals surface area (Å²) in [6.07, 6.45) is 1.87. The molecule has 2 aliphatic rings. The van der Waals surface area contributed by atoms with E-state index in [0.29, 0.717) is 0 Å². The molecule has 1 aromatic carbocycles. The van der Waals surface area contributed by atoms with Crippen molar-refractivity contribution in [2.75, 3.05) is 25.1 Å². The number of hydrogen-bond donors (Lipinski definition) is 1. The highest BCUT2D eigenvalue weighted by atomic mass is 32.2. The maximum Gasteiger partial charge on any atom is 0.0744 e. The fourth-order valence-corrected chi connectivity index (χ4v) is 4.52. The highest BCUT2D eigenvalue weighted by Crippen LogP contribution is 2.42. The average molecular weight is 263 g/mol. The Bertz CT molecular complexity index is 428. The van der Waals surface area contributed by atoms with Gasteiger partial charge in [0.15, 0.2) is 0 Å². The van der Waals surface area contributed by atoms with E-state index in [1.54, 1.807) is 0 Å². The van der Waals surface area contributed by atoms with Gasteiger partial charge in [0.05, 0.1) is 5.60 Å². The average Bonchev–Trinajstić information content (AvgIpc) is 2.38. The number of rotatable bonds is 1. The SMILES string of the molecule is CN1Cc2ccccc2C(C2(O)CCSCC2)C1. The van der Waals surface area contributed by atoms with E-state index in [1.807, 2.05) is 11.8 Å². The van der Waals surface area contributed by atoms with Crippen LogP contribution in [0.2, 0.25) is 0 Å². The van der Waals surface area contributed by atoms with E-state index >= 15 is 0 Å². The first-order valence-corrected chi connectivity index (χ1v) is 7.91. The van der Waals surface area contributed by atoms with Gasteiger partial charge in [0.1, 0.15) is 0 Å². The summed E-state index contributed by atoms with van der Waals surface area (Å²) in [5, 5.41) is 11.0. The van der Waals surface area contributed by atoms with Crippen molar-refractivity contribution in [2.24, 2.45) is 0 Å². The first kappa shape index (κ1) is 12.5. The van der Waals surface area contributed by atoms with Gasteiger partial charge in [-0.2, -0.15) is 11.8 Å². The first-order valence-electron chi connectivity index (χ1n) is 6.75. The second kappa shape index (κ2) is 4.87. The van der Waals surface area contributed by atoms with Gasteiger partial charge < -0.3 is 10.0 Å². The quantitative estimate of drug-likeness (QED) is 0.842. The number of nitrogens with zero attached hydrogens (tertiary/aromatic N) is 1. The minimum Gasteiger partial charge on any atom is -0.389 e. The summed E-state index contributed by atoms with van der Waals surface area (Å²) in [4.78, 5) is 2.34. The van der Waals surface area contributed by atoms with Gasteiger partial charge in [-0.05, 0) is 42.5 Å². The van der Waals surface area contributed by atoms with Crippen LogP contribution in [0.15, 0.2) is 24.3 Å². The third-order valence-electron chi connectivity index (χ3n) is 4.37. The molecule has 0 saturated carbocycles. The summed E-state index contributed by atoms with van der Waals surface area (Å²) in [7, 11) is 2.16. The van der Waals surface area contributed by atoms with E-state index in [1.165, 1.54) is 11.1 Å². The van der Waals surface area contributed by atoms with E-state index in [4.69, 9.17) is 0 Å². The molecule has 1 N–H and O–H groups in total. The van der Waals surface area contributed by atoms with Crippen molar-refractivity contribution in [1.82, 2.24) is 4.90 Å². The number of fused-ring (bicyclic) bond motifs is 1. The maximum atomic E-state index is 11.0. The molecule has 0 radical (unpaired) electrons. The second-order valence-electron chi connectivity index (χ2n) is 5.66. The summed E-state index contributed by atoms with van der Waals surface area (Å²) in [5.41, 5.74) is 2.28. The molecule has 2 heterocycles. The Morgan fingerprint density at radius 3 is 2.78 bits per heavy atom. The van der Waals surface area contributed by atoms with Gasteiger partial charge in [0, 0.05) is 19.0 Å². The fraction of sp³-hybridized carbons (Fsp3) is 0.600. The number of hydrogen-bond acceptors (Lipinski definition) is 3. The van der Waals surface area contributed by atoms with E-state index in [2.05, 4.69) is 36.2 Å². The Kier molecular flexibility index (Phi) is 3.39. The van der Waals surface area contributed by atoms with Crippen molar-refractivity contribution in [3.8, 4) is 0 Å². The van der Waals surface area contributed by atoms with Gasteiger partial charge in [-0.15, -0.1) is 0 Å². The van der Waals surface area contributed by atoms with Crippen LogP contribution in [-0.4, -0.2) is 40.7 Å². The van der Waals surface area contributed by atoms with Gasteiger partial charge in [-0.1, -0.05) is 24.3 Å². The van der Waals surface area contributed by atoms with Crippen molar-refractivity contribution < 1.29 is 5.11 Å². The molecule has 3 rings (SSSR count). The number of benzene rings is 1. The molecule has 1 aromatic rings. The summed E-state index contributed by atoms with van der Waals surface area (Å²) in [5.74, 6) is 2.48. The van der Waals surface area contributed by atoms with Crippen molar-refractivity contribution in [1.29, 1.82) is 0 Å². The lowest BCUT2D eigenvalue weighted by molar-refractivity contribution is -0.0101. The topological polar surface area (TPSA) is 23.5 Å². The van der Waals surface area contributed by atoms with E-state index in [9.17, 15) is 5.11 Å². The van der Waals surface area contributed by atoms with Crippen LogP contribution in [0.3, 0.4) is 0 Å². The van der Waals surface area contributed by atoms with Crippen molar-refractivity contribution >= 4 is 11.8 Å². The molecule has 1 unspecified atom stereocenters. The maximum absolute atomic E-state index is 11.0. The number of thioether (sulfide) groups is 1. The molecular weight excluding hydrogens is 242 g/mol. The minimum absolute atomic E-state index is 0.286. The molecule has 2 aliphatic heterocycles. The summed E-state index contributed by atoms with van der Waals surface area (Å²) < 4.78 is 0. The third kappa shape index (κ3) is 2.20. The van der Waals surface area contributed by atoms with Crippen LogP contribution in [0, 0.1) is 0 Å². The van der Waals surface area contributed by atoms with Gasteiger partial charge in [-0.25, -0.2) is 0 Å². The van der Waals surface area contributed by atoms with Crippen LogP contribution in [0.25, 0.3) is 0 Å². The summed E-state index contributed by atoms with van der Waals surface area (Å²) in [6, 6.07) is 8.64. The number of aliphatic hydroxyl groups is 1. The van der Waals surface area contributed by atoms with Crippen LogP contribution < -0.4 is 0 Å². The van der Waals surface area contributed by atoms with Crippen LogP contribution in [-0.2, 0) is 6.54 Å². The molecule has 0 amide bonds. The Morgan fingerprint density at radius 1 is 1.28 bits per heavy atom. The predicted molar refractivity (Wildman–Crippen MR) is 77.0 cm³/mol. The zero-order valence-electron chi connectivity index (χ0n) is 10.9. The molecule has 0 aliphatic carbocycles. The highest BCUT2D eigenvalue weighted by Gasteiger charge is 2.41. The van der Waals surface area contributed by atoms with Crippen LogP contribution in [0.1, 0.15) is 29.9 Å². The molecular formula is C15H21NOS. The molecule has 18 heavy (non-hydrogen) atoms. The van der Waals surface area contributed by atoms with Crippen LogP contribution in [0.5, 0.6) is 0 Å². The molecule has 2 nitrogen and oxygen atoms in total. The van der Waals surface area contributed by atoms with Gasteiger partial charge in [0.2, 0.25) is 0 Å². The molecule has 0 bridgehead atoms. The Balaban J connectivity index is 1.96. The molecule has 1 atom stereocenters. The lowest BCUT2D eigenvalue weighted by atomic mass is 9.74. The third-order valence-corrected chi connectivity index (χ3v) is 5.36. The molecule has 3 heteroatoms. The predicted octanol–water partition coefficient (Wildman–Crippen LogP) is 2.47. The largest absolute Gasteiger partial charge is 0.389 e. The normalized spacial score (nSPS) is 27.8. The lowest BCUT2D eigenvalue weighted by Gasteiger charge is -2.44. The smallest absolute Gasteiger partial charge is 0.0744 e. The second-order valence-corrected chi connectivity index (χ2v) is 6.89. The fourth-order valence-electron chi connectivity index (χ4n) is 3.32. The molecule has 0 spiro atoms. The lowest BCUT2D eigenvalue weighted by Crippen LogP contribution is -2.47. The van der Waals surface area contributed by atoms with E-state index in [0.717, 1.165) is 37.4 Å². The van der Waals surface area contributed by atoms with Crippen molar-refractivity contribution in [3.63, 3.8) is 0 Å². The zero-order valence-corrected chi connectivity index (χ0v) is 11.7. The van der Waals surface area contributed by atoms with Crippen LogP contribution >= 0.6 is 11.8 Å². The first-order chi connectivity index (χ1) is 8.69. The summed E-state index contributed by atoms with van der Waals surface area (Å²) >= 11 is 1.97. The van der Waals surface area contributed by atoms with Gasteiger partial charge in [0.25, 0.3) is 0 Å². The van der Waals surface area contributed by atoms with E-state index < -0.39 is 5.60 Å². The Labute approximate surface area is 113 Å². The monoisotopic (exact) mass is 263 g/mol. The van der Waals surface area contributed by atoms with E-state index in [-0.39, 0.29) is 5.92 Å². The highest BCUT2D eigenvalue weighted by molar-refractivity contribution is 7.99. The van der Waals surface area contributed by atoms with Gasteiger partial charge in [-0.3, -0.25) is 0 Å². The Morgan fingerprint density at radius 2 is 2.00 bits per heavy atom. The molecule has 1 saturated heterocycles. The van der Waals surface area contributed by atoms with Crippen molar-refractivity contribution in [3.05, 3.63) is 35.4 Å². The van der Waals surface area contributed by atoms with Crippen LogP contribution in [0.4, 0.5) is 0 Å². The molecule has 98 valence electrons. The Hall–Kier alpha value is -0.510. The van der Waals surface area contributed by atoms with Crippen molar-refractivity contribution in [2.45, 2.75) is 30.9 Å². The standard InChI is InChI=1S/C15H21NOS/c1-16-10-12-4-2-3-5-13(12)14(11-16)15(17)6-8-18-9-7-15/h2-5,14,17H,6-11H2,1H3. The minimum atomic E-state index is -0.490. The molecule has 1 fully saturated rings. The summed E-state index contributed by atoms with van der Waals surface area (Å²) in [6.45, 7) is 2.00. The van der Waals surface area contributed by atoms with Gasteiger partial charge >= 0.3 is 0 Å². The zero-order chi connectivity index (χ0) is 12.6. The number of likely N-dealkylation sites (N-methyl/N-ethyl adjacent to an activating group) is 1. The molecule has 0 aromatic heterocycles.